The van der Waals surface area contributed by atoms with Crippen molar-refractivity contribution < 1.29 is 0 Å². The molecule has 1 rings (SSSR count). The molecule has 2 nitrogen and oxygen atoms in total. The second kappa shape index (κ2) is 8.38. The standard InChI is InChI=1S/C18H38N2/c1-7-8-9-10-11-20-14-16(12-15(2)3)19-13-17(20)18(4,5)6/h15-17,19H,7-14H2,1-6H3. The molecule has 1 fully saturated rings. The molecule has 0 aromatic rings. The smallest absolute Gasteiger partial charge is 0.0269 e. The summed E-state index contributed by atoms with van der Waals surface area (Å²) in [6.07, 6.45) is 6.80. The van der Waals surface area contributed by atoms with Crippen LogP contribution in [0, 0.1) is 11.3 Å². The molecule has 0 bridgehead atoms. The largest absolute Gasteiger partial charge is 0.311 e. The lowest BCUT2D eigenvalue weighted by Gasteiger charge is -2.47. The summed E-state index contributed by atoms with van der Waals surface area (Å²) in [7, 11) is 0. The molecule has 1 N–H and O–H groups in total. The Kier molecular flexibility index (Phi) is 7.53. The molecule has 1 aliphatic rings. The van der Waals surface area contributed by atoms with E-state index in [1.165, 1.54) is 45.2 Å². The Bertz CT molecular complexity index is 255. The summed E-state index contributed by atoms with van der Waals surface area (Å²) in [5.74, 6) is 0.792. The minimum atomic E-state index is 0.376. The van der Waals surface area contributed by atoms with E-state index < -0.39 is 0 Å². The number of rotatable bonds is 7. The van der Waals surface area contributed by atoms with Gasteiger partial charge in [0.05, 0.1) is 0 Å². The third kappa shape index (κ3) is 6.13. The van der Waals surface area contributed by atoms with Crippen LogP contribution in [-0.4, -0.2) is 36.6 Å². The minimum Gasteiger partial charge on any atom is -0.311 e. The zero-order valence-corrected chi connectivity index (χ0v) is 14.8. The highest BCUT2D eigenvalue weighted by molar-refractivity contribution is 4.92. The first-order valence-corrected chi connectivity index (χ1v) is 8.82. The lowest BCUT2D eigenvalue weighted by atomic mass is 9.83. The van der Waals surface area contributed by atoms with Crippen molar-refractivity contribution in [2.75, 3.05) is 19.6 Å². The van der Waals surface area contributed by atoms with E-state index >= 15 is 0 Å². The normalized spacial score (nSPS) is 25.4. The maximum atomic E-state index is 3.80. The number of nitrogens with one attached hydrogen (secondary N) is 1. The van der Waals surface area contributed by atoms with Gasteiger partial charge < -0.3 is 5.32 Å². The van der Waals surface area contributed by atoms with E-state index in [2.05, 4.69) is 51.8 Å². The molecule has 0 saturated carbocycles. The van der Waals surface area contributed by atoms with Crippen molar-refractivity contribution in [3.63, 3.8) is 0 Å². The van der Waals surface area contributed by atoms with E-state index in [4.69, 9.17) is 0 Å². The summed E-state index contributed by atoms with van der Waals surface area (Å²) in [4.78, 5) is 2.78. The van der Waals surface area contributed by atoms with Gasteiger partial charge in [0, 0.05) is 25.2 Å². The fraction of sp³-hybridized carbons (Fsp3) is 1.00. The Morgan fingerprint density at radius 3 is 2.40 bits per heavy atom. The van der Waals surface area contributed by atoms with Gasteiger partial charge in [-0.3, -0.25) is 4.90 Å². The van der Waals surface area contributed by atoms with Crippen molar-refractivity contribution in [2.45, 2.75) is 85.7 Å². The van der Waals surface area contributed by atoms with Gasteiger partial charge >= 0.3 is 0 Å². The Labute approximate surface area is 127 Å². The Balaban J connectivity index is 2.54. The highest BCUT2D eigenvalue weighted by Crippen LogP contribution is 2.27. The van der Waals surface area contributed by atoms with Crippen molar-refractivity contribution in [1.29, 1.82) is 0 Å². The molecule has 2 unspecified atom stereocenters. The van der Waals surface area contributed by atoms with Crippen molar-refractivity contribution >= 4 is 0 Å². The molecule has 1 heterocycles. The molecule has 120 valence electrons. The molecule has 0 spiro atoms. The number of hydrogen-bond donors (Lipinski definition) is 1. The number of hydrogen-bond acceptors (Lipinski definition) is 2. The lowest BCUT2D eigenvalue weighted by molar-refractivity contribution is 0.0501. The van der Waals surface area contributed by atoms with E-state index in [1.54, 1.807) is 0 Å². The summed E-state index contributed by atoms with van der Waals surface area (Å²) < 4.78 is 0. The predicted octanol–water partition coefficient (Wildman–Crippen LogP) is 4.30. The van der Waals surface area contributed by atoms with E-state index in [0.29, 0.717) is 17.5 Å². The van der Waals surface area contributed by atoms with Gasteiger partial charge in [0.25, 0.3) is 0 Å². The first kappa shape index (κ1) is 18.0. The average molecular weight is 283 g/mol. The quantitative estimate of drug-likeness (QED) is 0.700. The molecule has 2 heteroatoms. The number of unbranched alkanes of at least 4 members (excludes halogenated alkanes) is 3. The van der Waals surface area contributed by atoms with Crippen molar-refractivity contribution in [3.05, 3.63) is 0 Å². The molecule has 1 saturated heterocycles. The molecule has 0 amide bonds. The number of piperazine rings is 1. The van der Waals surface area contributed by atoms with Crippen LogP contribution in [0.1, 0.15) is 73.6 Å². The minimum absolute atomic E-state index is 0.376. The zero-order valence-electron chi connectivity index (χ0n) is 14.8. The maximum Gasteiger partial charge on any atom is 0.0269 e. The fourth-order valence-corrected chi connectivity index (χ4v) is 3.45. The van der Waals surface area contributed by atoms with Gasteiger partial charge in [-0.15, -0.1) is 0 Å². The van der Waals surface area contributed by atoms with E-state index in [0.717, 1.165) is 12.5 Å². The van der Waals surface area contributed by atoms with Crippen LogP contribution in [-0.2, 0) is 0 Å². The summed E-state index contributed by atoms with van der Waals surface area (Å²) in [5.41, 5.74) is 0.376. The molecule has 2 atom stereocenters. The van der Waals surface area contributed by atoms with Crippen LogP contribution in [0.25, 0.3) is 0 Å². The van der Waals surface area contributed by atoms with Crippen LogP contribution in [0.4, 0.5) is 0 Å². The summed E-state index contributed by atoms with van der Waals surface area (Å²) in [6, 6.07) is 1.38. The summed E-state index contributed by atoms with van der Waals surface area (Å²) >= 11 is 0. The van der Waals surface area contributed by atoms with Crippen molar-refractivity contribution in [3.8, 4) is 0 Å². The monoisotopic (exact) mass is 282 g/mol. The van der Waals surface area contributed by atoms with E-state index in [9.17, 15) is 0 Å². The highest BCUT2D eigenvalue weighted by atomic mass is 15.2. The maximum absolute atomic E-state index is 3.80. The number of nitrogens with zero attached hydrogens (tertiary/aromatic N) is 1. The molecule has 20 heavy (non-hydrogen) atoms. The first-order valence-electron chi connectivity index (χ1n) is 8.82. The summed E-state index contributed by atoms with van der Waals surface area (Å²) in [6.45, 7) is 17.8. The molecule has 0 radical (unpaired) electrons. The Morgan fingerprint density at radius 2 is 1.85 bits per heavy atom. The topological polar surface area (TPSA) is 15.3 Å². The second-order valence-electron chi connectivity index (χ2n) is 8.17. The second-order valence-corrected chi connectivity index (χ2v) is 8.17. The highest BCUT2D eigenvalue weighted by Gasteiger charge is 2.35. The predicted molar refractivity (Wildman–Crippen MR) is 90.2 cm³/mol. The Morgan fingerprint density at radius 1 is 1.15 bits per heavy atom. The summed E-state index contributed by atoms with van der Waals surface area (Å²) in [5, 5.41) is 3.80. The molecule has 1 aliphatic heterocycles. The zero-order chi connectivity index (χ0) is 15.2. The van der Waals surface area contributed by atoms with Crippen molar-refractivity contribution in [1.82, 2.24) is 10.2 Å². The van der Waals surface area contributed by atoms with Gasteiger partial charge in [-0.2, -0.15) is 0 Å². The molecule has 0 aliphatic carbocycles. The third-order valence-corrected chi connectivity index (χ3v) is 4.55. The van der Waals surface area contributed by atoms with Crippen molar-refractivity contribution in [2.24, 2.45) is 11.3 Å². The lowest BCUT2D eigenvalue weighted by Crippen LogP contribution is -2.60. The van der Waals surface area contributed by atoms with Gasteiger partial charge in [0.15, 0.2) is 0 Å². The first-order chi connectivity index (χ1) is 9.34. The van der Waals surface area contributed by atoms with E-state index in [1.807, 2.05) is 0 Å². The van der Waals surface area contributed by atoms with Gasteiger partial charge in [0.2, 0.25) is 0 Å². The van der Waals surface area contributed by atoms with Crippen LogP contribution in [0.2, 0.25) is 0 Å². The van der Waals surface area contributed by atoms with E-state index in [-0.39, 0.29) is 0 Å². The average Bonchev–Trinajstić information content (AvgIpc) is 2.32. The van der Waals surface area contributed by atoms with Gasteiger partial charge in [0.1, 0.15) is 0 Å². The van der Waals surface area contributed by atoms with Gasteiger partial charge in [-0.1, -0.05) is 60.8 Å². The van der Waals surface area contributed by atoms with Crippen LogP contribution in [0.3, 0.4) is 0 Å². The third-order valence-electron chi connectivity index (χ3n) is 4.55. The SMILES string of the molecule is CCCCCCN1CC(CC(C)C)NCC1C(C)(C)C. The van der Waals surface area contributed by atoms with Crippen LogP contribution in [0.15, 0.2) is 0 Å². The molecular formula is C18H38N2. The molecule has 0 aromatic heterocycles. The molecule has 0 aromatic carbocycles. The van der Waals surface area contributed by atoms with Gasteiger partial charge in [-0.25, -0.2) is 0 Å². The van der Waals surface area contributed by atoms with Gasteiger partial charge in [-0.05, 0) is 30.7 Å². The fourth-order valence-electron chi connectivity index (χ4n) is 3.45. The Hall–Kier alpha value is -0.0800. The molecular weight excluding hydrogens is 244 g/mol. The van der Waals surface area contributed by atoms with Crippen LogP contribution >= 0.6 is 0 Å². The van der Waals surface area contributed by atoms with Crippen LogP contribution in [0.5, 0.6) is 0 Å². The van der Waals surface area contributed by atoms with Crippen LogP contribution < -0.4 is 5.32 Å².